The lowest BCUT2D eigenvalue weighted by atomic mass is 9.85. The summed E-state index contributed by atoms with van der Waals surface area (Å²) in [4.78, 5) is 14.4. The predicted octanol–water partition coefficient (Wildman–Crippen LogP) is 6.52. The van der Waals surface area contributed by atoms with E-state index in [1.807, 2.05) is 30.3 Å². The number of allylic oxidation sites excluding steroid dienone is 2. The summed E-state index contributed by atoms with van der Waals surface area (Å²) in [5.74, 6) is 0.193. The molecule has 1 aliphatic heterocycles. The van der Waals surface area contributed by atoms with Crippen molar-refractivity contribution >= 4 is 58.0 Å². The number of fused-ring (bicyclic) bond motifs is 1. The second-order valence-electron chi connectivity index (χ2n) is 5.87. The van der Waals surface area contributed by atoms with E-state index in [9.17, 15) is 4.79 Å². The van der Waals surface area contributed by atoms with Gasteiger partial charge in [-0.3, -0.25) is 4.79 Å². The predicted molar refractivity (Wildman–Crippen MR) is 101 cm³/mol. The van der Waals surface area contributed by atoms with Crippen LogP contribution >= 0.6 is 46.6 Å². The van der Waals surface area contributed by atoms with Gasteiger partial charge >= 0.3 is 0 Å². The molecule has 6 heteroatoms. The summed E-state index contributed by atoms with van der Waals surface area (Å²) >= 11 is 19.9. The summed E-state index contributed by atoms with van der Waals surface area (Å²) in [5, 5.41) is 5.28. The summed E-state index contributed by atoms with van der Waals surface area (Å²) in [6, 6.07) is 11.1. The first-order valence-corrected chi connectivity index (χ1v) is 9.42. The number of carbonyl (C=O) groups excluding carboxylic acids is 1. The zero-order chi connectivity index (χ0) is 16.8. The summed E-state index contributed by atoms with van der Waals surface area (Å²) in [5.41, 5.74) is 2.91. The Labute approximate surface area is 159 Å². The van der Waals surface area contributed by atoms with Crippen molar-refractivity contribution in [1.29, 1.82) is 0 Å². The number of halogens is 3. The minimum atomic E-state index is 0.0583. The fraction of sp³-hybridized carbons (Fsp3) is 0.167. The number of hydrogen-bond acceptors (Lipinski definition) is 3. The molecule has 1 heterocycles. The van der Waals surface area contributed by atoms with E-state index in [-0.39, 0.29) is 11.7 Å². The van der Waals surface area contributed by atoms with E-state index in [1.165, 1.54) is 11.8 Å². The van der Waals surface area contributed by atoms with Crippen LogP contribution in [0.5, 0.6) is 0 Å². The largest absolute Gasteiger partial charge is 0.357 e. The van der Waals surface area contributed by atoms with Crippen LogP contribution in [0.15, 0.2) is 51.9 Å². The normalized spacial score (nSPS) is 19.6. The maximum Gasteiger partial charge on any atom is 0.171 e. The molecule has 0 radical (unpaired) electrons. The Morgan fingerprint density at radius 3 is 2.54 bits per heavy atom. The fourth-order valence-electron chi connectivity index (χ4n) is 3.13. The summed E-state index contributed by atoms with van der Waals surface area (Å²) < 4.78 is 0. The lowest BCUT2D eigenvalue weighted by molar-refractivity contribution is -0.115. The SMILES string of the molecule is O=C1CC(c2ccc(Cl)cc2Cl)CC2=C1Sc1cc(Cl)ccc1N2. The van der Waals surface area contributed by atoms with Crippen LogP contribution in [0.3, 0.4) is 0 Å². The van der Waals surface area contributed by atoms with Gasteiger partial charge in [-0.2, -0.15) is 0 Å². The highest BCUT2D eigenvalue weighted by Gasteiger charge is 2.33. The molecular formula is C18H12Cl3NOS. The molecule has 1 unspecified atom stereocenters. The molecule has 0 saturated carbocycles. The van der Waals surface area contributed by atoms with Crippen LogP contribution in [-0.4, -0.2) is 5.78 Å². The Bertz CT molecular complexity index is 894. The lowest BCUT2D eigenvalue weighted by Crippen LogP contribution is -2.23. The molecular weight excluding hydrogens is 385 g/mol. The first-order valence-electron chi connectivity index (χ1n) is 7.47. The Morgan fingerprint density at radius 1 is 1.00 bits per heavy atom. The van der Waals surface area contributed by atoms with Gasteiger partial charge in [0.15, 0.2) is 5.78 Å². The summed E-state index contributed by atoms with van der Waals surface area (Å²) in [7, 11) is 0. The number of hydrogen-bond donors (Lipinski definition) is 1. The highest BCUT2D eigenvalue weighted by atomic mass is 35.5. The molecule has 1 aliphatic carbocycles. The number of benzene rings is 2. The molecule has 2 aromatic rings. The second-order valence-corrected chi connectivity index (χ2v) is 8.20. The van der Waals surface area contributed by atoms with Crippen molar-refractivity contribution in [2.75, 3.05) is 5.32 Å². The fourth-order valence-corrected chi connectivity index (χ4v) is 5.02. The van der Waals surface area contributed by atoms with Gasteiger partial charge in [-0.05, 0) is 48.2 Å². The number of ketones is 1. The number of rotatable bonds is 1. The van der Waals surface area contributed by atoms with Crippen LogP contribution in [0.4, 0.5) is 5.69 Å². The summed E-state index contributed by atoms with van der Waals surface area (Å²) in [6.45, 7) is 0. The molecule has 2 aliphatic rings. The van der Waals surface area contributed by atoms with E-state index in [0.29, 0.717) is 21.5 Å². The van der Waals surface area contributed by atoms with Crippen molar-refractivity contribution in [3.05, 3.63) is 67.6 Å². The van der Waals surface area contributed by atoms with Crippen molar-refractivity contribution in [3.63, 3.8) is 0 Å². The third kappa shape index (κ3) is 2.95. The van der Waals surface area contributed by atoms with Gasteiger partial charge in [0.1, 0.15) is 0 Å². The van der Waals surface area contributed by atoms with Crippen LogP contribution in [0.1, 0.15) is 24.3 Å². The van der Waals surface area contributed by atoms with Gasteiger partial charge in [0.25, 0.3) is 0 Å². The average molecular weight is 397 g/mol. The Morgan fingerprint density at radius 2 is 1.75 bits per heavy atom. The molecule has 0 amide bonds. The molecule has 2 nitrogen and oxygen atoms in total. The third-order valence-corrected chi connectivity index (χ3v) is 6.29. The smallest absolute Gasteiger partial charge is 0.171 e. The molecule has 24 heavy (non-hydrogen) atoms. The molecule has 0 fully saturated rings. The van der Waals surface area contributed by atoms with E-state index >= 15 is 0 Å². The van der Waals surface area contributed by atoms with Gasteiger partial charge in [-0.15, -0.1) is 0 Å². The first kappa shape index (κ1) is 16.3. The molecule has 0 saturated heterocycles. The van der Waals surface area contributed by atoms with Crippen LogP contribution < -0.4 is 5.32 Å². The molecule has 2 aromatic carbocycles. The topological polar surface area (TPSA) is 29.1 Å². The number of thioether (sulfide) groups is 1. The van der Waals surface area contributed by atoms with E-state index < -0.39 is 0 Å². The second kappa shape index (κ2) is 6.30. The first-order chi connectivity index (χ1) is 11.5. The number of nitrogens with one attached hydrogen (secondary N) is 1. The Hall–Kier alpha value is -1.13. The van der Waals surface area contributed by atoms with Gasteiger partial charge in [-0.1, -0.05) is 52.6 Å². The molecule has 0 aromatic heterocycles. The van der Waals surface area contributed by atoms with Crippen LogP contribution in [-0.2, 0) is 4.79 Å². The van der Waals surface area contributed by atoms with Crippen molar-refractivity contribution in [1.82, 2.24) is 0 Å². The Kier molecular flexibility index (Phi) is 4.29. The highest BCUT2D eigenvalue weighted by molar-refractivity contribution is 8.04. The average Bonchev–Trinajstić information content (AvgIpc) is 2.53. The standard InChI is InChI=1S/C18H12Cl3NOS/c19-10-1-3-12(13(21)7-10)9-5-15-18(16(23)6-9)24-17-8-11(20)2-4-14(17)22-15/h1-4,7-9,22H,5-6H2. The maximum atomic E-state index is 12.7. The van der Waals surface area contributed by atoms with Gasteiger partial charge in [0.05, 0.1) is 10.6 Å². The van der Waals surface area contributed by atoms with Crippen LogP contribution in [0.25, 0.3) is 0 Å². The van der Waals surface area contributed by atoms with Crippen LogP contribution in [0.2, 0.25) is 15.1 Å². The maximum absolute atomic E-state index is 12.7. The zero-order valence-corrected chi connectivity index (χ0v) is 15.5. The zero-order valence-electron chi connectivity index (χ0n) is 12.4. The molecule has 4 rings (SSSR count). The van der Waals surface area contributed by atoms with Gasteiger partial charge in [0, 0.05) is 32.1 Å². The highest BCUT2D eigenvalue weighted by Crippen LogP contribution is 2.48. The van der Waals surface area contributed by atoms with E-state index in [4.69, 9.17) is 34.8 Å². The molecule has 0 spiro atoms. The number of Topliss-reactive ketones (excluding diaryl/α,β-unsaturated/α-hetero) is 1. The molecule has 1 atom stereocenters. The third-order valence-electron chi connectivity index (χ3n) is 4.25. The van der Waals surface area contributed by atoms with Crippen molar-refractivity contribution in [3.8, 4) is 0 Å². The number of carbonyl (C=O) groups is 1. The minimum Gasteiger partial charge on any atom is -0.357 e. The quantitative estimate of drug-likeness (QED) is 0.594. The van der Waals surface area contributed by atoms with Crippen molar-refractivity contribution in [2.24, 2.45) is 0 Å². The van der Waals surface area contributed by atoms with Gasteiger partial charge < -0.3 is 5.32 Å². The lowest BCUT2D eigenvalue weighted by Gasteiger charge is -2.31. The van der Waals surface area contributed by atoms with E-state index in [2.05, 4.69) is 5.32 Å². The van der Waals surface area contributed by atoms with Gasteiger partial charge in [0.2, 0.25) is 0 Å². The van der Waals surface area contributed by atoms with E-state index in [0.717, 1.165) is 33.2 Å². The molecule has 0 bridgehead atoms. The Balaban J connectivity index is 1.67. The molecule has 1 N–H and O–H groups in total. The monoisotopic (exact) mass is 395 g/mol. The van der Waals surface area contributed by atoms with Crippen LogP contribution in [0, 0.1) is 0 Å². The summed E-state index contributed by atoms with van der Waals surface area (Å²) in [6.07, 6.45) is 1.20. The minimum absolute atomic E-state index is 0.0583. The van der Waals surface area contributed by atoms with Gasteiger partial charge in [-0.25, -0.2) is 0 Å². The number of anilines is 1. The van der Waals surface area contributed by atoms with E-state index in [1.54, 1.807) is 6.07 Å². The van der Waals surface area contributed by atoms with Crippen molar-refractivity contribution in [2.45, 2.75) is 23.7 Å². The van der Waals surface area contributed by atoms with Crippen molar-refractivity contribution < 1.29 is 4.79 Å². The molecule has 122 valence electrons.